The first-order valence-electron chi connectivity index (χ1n) is 22.0. The van der Waals surface area contributed by atoms with Gasteiger partial charge >= 0.3 is 0 Å². The van der Waals surface area contributed by atoms with Gasteiger partial charge in [0.05, 0.1) is 5.54 Å². The van der Waals surface area contributed by atoms with E-state index in [1.165, 1.54) is 130 Å². The largest absolute Gasteiger partial charge is 0.334 e. The minimum Gasteiger partial charge on any atom is -0.334 e. The number of hydrogen-bond donors (Lipinski definition) is 0. The van der Waals surface area contributed by atoms with E-state index < -0.39 is 0 Å². The molecule has 0 N–H and O–H groups in total. The zero-order valence-electron chi connectivity index (χ0n) is 35.0. The Bertz CT molecular complexity index is 3320. The zero-order chi connectivity index (χ0) is 40.4. The Morgan fingerprint density at radius 3 is 1.72 bits per heavy atom. The van der Waals surface area contributed by atoms with Crippen LogP contribution in [-0.2, 0) is 5.41 Å². The van der Waals surface area contributed by atoms with Crippen LogP contribution in [0.15, 0.2) is 176 Å². The Morgan fingerprint density at radius 2 is 1.00 bits per heavy atom. The quantitative estimate of drug-likeness (QED) is 0.161. The number of hydrogen-bond acceptors (Lipinski definition) is 1. The highest BCUT2D eigenvalue weighted by Crippen LogP contribution is 2.67. The Morgan fingerprint density at radius 1 is 0.433 bits per heavy atom. The molecular weight excluding hydrogens is 723 g/mol. The van der Waals surface area contributed by atoms with Gasteiger partial charge in [0, 0.05) is 16.8 Å². The highest BCUT2D eigenvalue weighted by molar-refractivity contribution is 6.31. The Balaban J connectivity index is 1.17. The molecule has 12 rings (SSSR count). The maximum Gasteiger partial charge on any atom is 0.0594 e. The summed E-state index contributed by atoms with van der Waals surface area (Å²) in [6, 6.07) is 66.8. The van der Waals surface area contributed by atoms with Crippen molar-refractivity contribution in [1.29, 1.82) is 0 Å². The van der Waals surface area contributed by atoms with Gasteiger partial charge in [-0.3, -0.25) is 0 Å². The van der Waals surface area contributed by atoms with Crippen LogP contribution >= 0.6 is 0 Å². The summed E-state index contributed by atoms with van der Waals surface area (Å²) in [6.45, 7) is 10.1. The van der Waals surface area contributed by atoms with E-state index >= 15 is 0 Å². The van der Waals surface area contributed by atoms with Crippen LogP contribution in [0.1, 0.15) is 58.9 Å². The second-order valence-electron chi connectivity index (χ2n) is 18.9. The molecule has 60 heavy (non-hydrogen) atoms. The summed E-state index contributed by atoms with van der Waals surface area (Å²) >= 11 is 0. The number of rotatable bonds is 4. The summed E-state index contributed by atoms with van der Waals surface area (Å²) in [4.78, 5) is 2.77. The van der Waals surface area contributed by atoms with Gasteiger partial charge in [-0.25, -0.2) is 0 Å². The second-order valence-corrected chi connectivity index (χ2v) is 18.9. The molecule has 1 heterocycles. The monoisotopic (exact) mass is 771 g/mol. The van der Waals surface area contributed by atoms with Gasteiger partial charge in [-0.2, -0.15) is 0 Å². The van der Waals surface area contributed by atoms with Crippen molar-refractivity contribution in [1.82, 2.24) is 0 Å². The van der Waals surface area contributed by atoms with E-state index in [2.05, 4.69) is 209 Å². The molecular formula is C59H49N. The van der Waals surface area contributed by atoms with Crippen LogP contribution in [0.2, 0.25) is 0 Å². The van der Waals surface area contributed by atoms with E-state index in [4.69, 9.17) is 0 Å². The topological polar surface area (TPSA) is 3.24 Å². The van der Waals surface area contributed by atoms with Crippen molar-refractivity contribution in [2.24, 2.45) is 5.41 Å². The third-order valence-corrected chi connectivity index (χ3v) is 15.1. The Kier molecular flexibility index (Phi) is 7.56. The molecule has 0 radical (unpaired) electrons. The highest BCUT2D eigenvalue weighted by atomic mass is 15.3. The molecule has 1 fully saturated rings. The molecule has 1 aliphatic carbocycles. The van der Waals surface area contributed by atoms with Gasteiger partial charge in [-0.1, -0.05) is 186 Å². The van der Waals surface area contributed by atoms with E-state index in [0.717, 1.165) is 0 Å². The molecule has 290 valence electrons. The van der Waals surface area contributed by atoms with Gasteiger partial charge < -0.3 is 4.90 Å². The van der Waals surface area contributed by atoms with Crippen molar-refractivity contribution in [3.8, 4) is 33.4 Å². The smallest absolute Gasteiger partial charge is 0.0594 e. The third kappa shape index (κ3) is 4.75. The fraction of sp³-hybridized carbons (Fsp3) is 0.186. The van der Waals surface area contributed by atoms with Crippen molar-refractivity contribution in [2.45, 2.75) is 64.3 Å². The predicted molar refractivity (Wildman–Crippen MR) is 258 cm³/mol. The van der Waals surface area contributed by atoms with E-state index in [1.807, 2.05) is 0 Å². The SMILES string of the molecule is CC(C)(C)C12CCCCC1(C)c1cc(-c3cc(-c4cccc5ccccc45)c4ccc5ccc(-c6cccc7ccccc67)c6ccc3c4c56)ccc1N2c1ccccc1. The van der Waals surface area contributed by atoms with Crippen molar-refractivity contribution in [3.05, 3.63) is 181 Å². The summed E-state index contributed by atoms with van der Waals surface area (Å²) in [5.41, 5.74) is 11.9. The predicted octanol–water partition coefficient (Wildman–Crippen LogP) is 16.7. The summed E-state index contributed by atoms with van der Waals surface area (Å²) in [6.07, 6.45) is 4.86. The first-order valence-corrected chi connectivity index (χ1v) is 22.0. The lowest BCUT2D eigenvalue weighted by atomic mass is 9.52. The molecule has 2 unspecified atom stereocenters. The van der Waals surface area contributed by atoms with Crippen molar-refractivity contribution < 1.29 is 0 Å². The molecule has 0 bridgehead atoms. The van der Waals surface area contributed by atoms with Crippen LogP contribution in [0, 0.1) is 5.41 Å². The molecule has 10 aromatic carbocycles. The van der Waals surface area contributed by atoms with Gasteiger partial charge in [0.15, 0.2) is 0 Å². The van der Waals surface area contributed by atoms with Crippen molar-refractivity contribution in [2.75, 3.05) is 4.90 Å². The maximum atomic E-state index is 2.77. The van der Waals surface area contributed by atoms with Gasteiger partial charge in [0.2, 0.25) is 0 Å². The summed E-state index contributed by atoms with van der Waals surface area (Å²) in [5.74, 6) is 0. The molecule has 2 atom stereocenters. The van der Waals surface area contributed by atoms with Gasteiger partial charge in [-0.05, 0) is 141 Å². The Hall–Kier alpha value is -6.44. The highest BCUT2D eigenvalue weighted by Gasteiger charge is 2.65. The molecule has 1 heteroatoms. The lowest BCUT2D eigenvalue weighted by Gasteiger charge is -2.59. The standard InChI is InChI=1S/C59H49N/c1-57(2,3)59-35-13-12-34-58(59,4)53-36-41(28-33-54(53)60(59)42-20-6-5-7-21-42)51-37-52(46-25-15-19-39-17-9-11-23-44(39)46)50-30-27-40-26-29-47(48-31-32-49(51)56(50)55(40)48)45-24-14-18-38-16-8-10-22-43(38)45/h5-11,14-33,36-37H,12-13,34-35H2,1-4H3. The second kappa shape index (κ2) is 12.8. The molecule has 0 aromatic heterocycles. The normalized spacial score (nSPS) is 19.2. The number of anilines is 2. The van der Waals surface area contributed by atoms with Crippen LogP contribution in [0.4, 0.5) is 11.4 Å². The first kappa shape index (κ1) is 35.5. The fourth-order valence-electron chi connectivity index (χ4n) is 12.6. The van der Waals surface area contributed by atoms with E-state index in [0.29, 0.717) is 0 Å². The molecule has 1 nitrogen and oxygen atoms in total. The number of fused-ring (bicyclic) bond motifs is 5. The fourth-order valence-corrected chi connectivity index (χ4v) is 12.6. The summed E-state index contributed by atoms with van der Waals surface area (Å²) in [7, 11) is 0. The maximum absolute atomic E-state index is 2.77. The number of benzene rings is 10. The van der Waals surface area contributed by atoms with Crippen LogP contribution < -0.4 is 4.90 Å². The lowest BCUT2D eigenvalue weighted by Crippen LogP contribution is -2.64. The molecule has 1 saturated carbocycles. The van der Waals surface area contributed by atoms with Crippen LogP contribution in [0.5, 0.6) is 0 Å². The van der Waals surface area contributed by atoms with Crippen LogP contribution in [0.25, 0.3) is 87.2 Å². The van der Waals surface area contributed by atoms with E-state index in [1.54, 1.807) is 0 Å². The molecule has 0 amide bonds. The van der Waals surface area contributed by atoms with Crippen LogP contribution in [0.3, 0.4) is 0 Å². The van der Waals surface area contributed by atoms with E-state index in [9.17, 15) is 0 Å². The minimum absolute atomic E-state index is 0.0275. The molecule has 10 aromatic rings. The average molecular weight is 772 g/mol. The van der Waals surface area contributed by atoms with Gasteiger partial charge in [0.25, 0.3) is 0 Å². The molecule has 1 aliphatic heterocycles. The summed E-state index contributed by atoms with van der Waals surface area (Å²) in [5, 5.41) is 13.0. The number of nitrogens with zero attached hydrogens (tertiary/aromatic N) is 1. The zero-order valence-corrected chi connectivity index (χ0v) is 35.0. The van der Waals surface area contributed by atoms with E-state index in [-0.39, 0.29) is 16.4 Å². The first-order chi connectivity index (χ1) is 29.3. The van der Waals surface area contributed by atoms with Crippen molar-refractivity contribution >= 4 is 65.2 Å². The molecule has 0 saturated heterocycles. The van der Waals surface area contributed by atoms with Gasteiger partial charge in [0.1, 0.15) is 0 Å². The van der Waals surface area contributed by atoms with Crippen molar-refractivity contribution in [3.63, 3.8) is 0 Å². The summed E-state index contributed by atoms with van der Waals surface area (Å²) < 4.78 is 0. The lowest BCUT2D eigenvalue weighted by molar-refractivity contribution is 0.0608. The van der Waals surface area contributed by atoms with Gasteiger partial charge in [-0.15, -0.1) is 0 Å². The number of para-hydroxylation sites is 1. The molecule has 0 spiro atoms. The average Bonchev–Trinajstić information content (AvgIpc) is 3.53. The van der Waals surface area contributed by atoms with Crippen LogP contribution in [-0.4, -0.2) is 5.54 Å². The Labute approximate surface area is 353 Å². The molecule has 2 aliphatic rings. The third-order valence-electron chi connectivity index (χ3n) is 15.1. The minimum atomic E-state index is -0.0602.